The molecular formula is C21H30N2O4. The number of ether oxygens (including phenoxy) is 2. The fourth-order valence-electron chi connectivity index (χ4n) is 3.99. The third kappa shape index (κ3) is 4.61. The van der Waals surface area contributed by atoms with Crippen molar-refractivity contribution in [1.82, 2.24) is 9.80 Å². The van der Waals surface area contributed by atoms with Crippen molar-refractivity contribution in [3.8, 4) is 5.75 Å². The van der Waals surface area contributed by atoms with E-state index in [2.05, 4.69) is 6.07 Å². The molecule has 0 aliphatic carbocycles. The molecule has 1 unspecified atom stereocenters. The Morgan fingerprint density at radius 3 is 2.56 bits per heavy atom. The summed E-state index contributed by atoms with van der Waals surface area (Å²) in [4.78, 5) is 29.2. The fraction of sp³-hybridized carbons (Fsp3) is 0.619. The minimum Gasteiger partial charge on any atom is -0.496 e. The molecule has 0 aromatic heterocycles. The highest BCUT2D eigenvalue weighted by molar-refractivity contribution is 5.82. The van der Waals surface area contributed by atoms with Crippen LogP contribution in [0.1, 0.15) is 36.0 Å². The molecule has 0 spiro atoms. The lowest BCUT2D eigenvalue weighted by Crippen LogP contribution is -2.42. The molecule has 1 aromatic rings. The van der Waals surface area contributed by atoms with Gasteiger partial charge >= 0.3 is 0 Å². The van der Waals surface area contributed by atoms with E-state index in [1.807, 2.05) is 29.7 Å². The van der Waals surface area contributed by atoms with Crippen LogP contribution >= 0.6 is 0 Å². The van der Waals surface area contributed by atoms with Gasteiger partial charge in [-0.25, -0.2) is 0 Å². The van der Waals surface area contributed by atoms with Crippen LogP contribution in [0.2, 0.25) is 0 Å². The Morgan fingerprint density at radius 2 is 1.85 bits per heavy atom. The normalized spacial score (nSPS) is 20.5. The predicted octanol–water partition coefficient (Wildman–Crippen LogP) is 2.09. The largest absolute Gasteiger partial charge is 0.496 e. The van der Waals surface area contributed by atoms with Gasteiger partial charge in [-0.05, 0) is 50.3 Å². The number of amides is 2. The van der Waals surface area contributed by atoms with E-state index >= 15 is 0 Å². The summed E-state index contributed by atoms with van der Waals surface area (Å²) in [5.41, 5.74) is 3.15. The number of rotatable bonds is 4. The molecule has 2 aliphatic rings. The first-order chi connectivity index (χ1) is 13.0. The zero-order valence-electron chi connectivity index (χ0n) is 16.6. The second-order valence-electron chi connectivity index (χ2n) is 7.50. The number of hydrogen-bond donors (Lipinski definition) is 0. The summed E-state index contributed by atoms with van der Waals surface area (Å²) in [5.74, 6) is 0.940. The molecule has 2 aliphatic heterocycles. The molecule has 27 heavy (non-hydrogen) atoms. The molecule has 2 amide bonds. The van der Waals surface area contributed by atoms with Crippen molar-refractivity contribution in [2.75, 3.05) is 39.9 Å². The fourth-order valence-corrected chi connectivity index (χ4v) is 3.99. The van der Waals surface area contributed by atoms with Gasteiger partial charge in [-0.3, -0.25) is 9.59 Å². The van der Waals surface area contributed by atoms with Gasteiger partial charge in [0, 0.05) is 38.3 Å². The summed E-state index contributed by atoms with van der Waals surface area (Å²) >= 11 is 0. The van der Waals surface area contributed by atoms with Crippen molar-refractivity contribution < 1.29 is 19.1 Å². The average Bonchev–Trinajstić information content (AvgIpc) is 3.07. The van der Waals surface area contributed by atoms with E-state index in [0.717, 1.165) is 41.7 Å². The molecule has 0 saturated carbocycles. The van der Waals surface area contributed by atoms with E-state index in [0.29, 0.717) is 39.2 Å². The van der Waals surface area contributed by atoms with Crippen molar-refractivity contribution in [3.63, 3.8) is 0 Å². The van der Waals surface area contributed by atoms with Crippen molar-refractivity contribution in [1.29, 1.82) is 0 Å². The summed E-state index contributed by atoms with van der Waals surface area (Å²) in [6.07, 6.45) is 2.60. The maximum absolute atomic E-state index is 12.9. The van der Waals surface area contributed by atoms with Crippen molar-refractivity contribution >= 4 is 11.8 Å². The number of carbonyl (C=O) groups excluding carboxylic acids is 2. The predicted molar refractivity (Wildman–Crippen MR) is 103 cm³/mol. The van der Waals surface area contributed by atoms with Gasteiger partial charge in [0.2, 0.25) is 5.91 Å². The van der Waals surface area contributed by atoms with E-state index in [4.69, 9.17) is 9.47 Å². The van der Waals surface area contributed by atoms with Crippen LogP contribution < -0.4 is 4.74 Å². The Morgan fingerprint density at radius 1 is 1.11 bits per heavy atom. The third-order valence-electron chi connectivity index (χ3n) is 5.49. The lowest BCUT2D eigenvalue weighted by Gasteiger charge is -2.24. The highest BCUT2D eigenvalue weighted by atomic mass is 16.5. The number of benzene rings is 1. The van der Waals surface area contributed by atoms with E-state index in [9.17, 15) is 9.59 Å². The van der Waals surface area contributed by atoms with Gasteiger partial charge in [0.05, 0.1) is 13.5 Å². The Bertz CT molecular complexity index is 698. The van der Waals surface area contributed by atoms with Crippen LogP contribution in [0.4, 0.5) is 0 Å². The Balaban J connectivity index is 1.62. The molecule has 148 valence electrons. The molecule has 0 radical (unpaired) electrons. The first-order valence-corrected chi connectivity index (χ1v) is 9.82. The molecule has 1 atom stereocenters. The van der Waals surface area contributed by atoms with Crippen molar-refractivity contribution in [3.05, 3.63) is 28.8 Å². The second-order valence-corrected chi connectivity index (χ2v) is 7.50. The quantitative estimate of drug-likeness (QED) is 0.810. The minimum atomic E-state index is -0.285. The van der Waals surface area contributed by atoms with E-state index in [-0.39, 0.29) is 17.9 Å². The molecule has 0 N–H and O–H groups in total. The van der Waals surface area contributed by atoms with Gasteiger partial charge in [0.15, 0.2) is 0 Å². The van der Waals surface area contributed by atoms with E-state index in [1.165, 1.54) is 0 Å². The van der Waals surface area contributed by atoms with Crippen LogP contribution in [0.25, 0.3) is 0 Å². The molecular weight excluding hydrogens is 344 g/mol. The first kappa shape index (κ1) is 19.7. The summed E-state index contributed by atoms with van der Waals surface area (Å²) in [7, 11) is 1.64. The Kier molecular flexibility index (Phi) is 6.37. The van der Waals surface area contributed by atoms with Crippen LogP contribution in [0, 0.1) is 13.8 Å². The SMILES string of the molecule is COc1cc(C)cc(C)c1CC(=O)N1CCCN(C(=O)C2CCCO2)CC1. The van der Waals surface area contributed by atoms with Crippen LogP contribution in [-0.2, 0) is 20.7 Å². The summed E-state index contributed by atoms with van der Waals surface area (Å²) in [6.45, 7) is 7.24. The van der Waals surface area contributed by atoms with Crippen molar-refractivity contribution in [2.24, 2.45) is 0 Å². The van der Waals surface area contributed by atoms with Gasteiger partial charge < -0.3 is 19.3 Å². The van der Waals surface area contributed by atoms with Crippen LogP contribution in [0.3, 0.4) is 0 Å². The second kappa shape index (κ2) is 8.74. The van der Waals surface area contributed by atoms with Gasteiger partial charge in [0.1, 0.15) is 11.9 Å². The summed E-state index contributed by atoms with van der Waals surface area (Å²) in [6, 6.07) is 4.05. The third-order valence-corrected chi connectivity index (χ3v) is 5.49. The number of carbonyl (C=O) groups is 2. The zero-order valence-corrected chi connectivity index (χ0v) is 16.6. The molecule has 0 bridgehead atoms. The summed E-state index contributed by atoms with van der Waals surface area (Å²) in [5, 5.41) is 0. The van der Waals surface area contributed by atoms with Gasteiger partial charge in [0.25, 0.3) is 5.91 Å². The lowest BCUT2D eigenvalue weighted by atomic mass is 10.0. The molecule has 2 fully saturated rings. The van der Waals surface area contributed by atoms with Crippen LogP contribution in [0.5, 0.6) is 5.75 Å². The maximum Gasteiger partial charge on any atom is 0.251 e. The number of aryl methyl sites for hydroxylation is 2. The zero-order chi connectivity index (χ0) is 19.4. The Labute approximate surface area is 161 Å². The Hall–Kier alpha value is -2.08. The number of nitrogens with zero attached hydrogens (tertiary/aromatic N) is 2. The van der Waals surface area contributed by atoms with E-state index < -0.39 is 0 Å². The lowest BCUT2D eigenvalue weighted by molar-refractivity contribution is -0.141. The maximum atomic E-state index is 12.9. The molecule has 6 heteroatoms. The molecule has 3 rings (SSSR count). The number of methoxy groups -OCH3 is 1. The van der Waals surface area contributed by atoms with Gasteiger partial charge in [-0.2, -0.15) is 0 Å². The molecule has 1 aromatic carbocycles. The smallest absolute Gasteiger partial charge is 0.251 e. The standard InChI is InChI=1S/C21H30N2O4/c1-15-12-16(2)17(19(13-15)26-3)14-20(24)22-7-5-8-23(10-9-22)21(25)18-6-4-11-27-18/h12-13,18H,4-11,14H2,1-3H3. The van der Waals surface area contributed by atoms with Crippen LogP contribution in [0.15, 0.2) is 12.1 Å². The summed E-state index contributed by atoms with van der Waals surface area (Å²) < 4.78 is 11.0. The topological polar surface area (TPSA) is 59.1 Å². The monoisotopic (exact) mass is 374 g/mol. The van der Waals surface area contributed by atoms with Gasteiger partial charge in [-0.15, -0.1) is 0 Å². The van der Waals surface area contributed by atoms with E-state index in [1.54, 1.807) is 7.11 Å². The molecule has 2 heterocycles. The highest BCUT2D eigenvalue weighted by Crippen LogP contribution is 2.25. The van der Waals surface area contributed by atoms with Crippen LogP contribution in [-0.4, -0.2) is 67.6 Å². The van der Waals surface area contributed by atoms with Crippen molar-refractivity contribution in [2.45, 2.75) is 45.6 Å². The number of hydrogen-bond acceptors (Lipinski definition) is 4. The van der Waals surface area contributed by atoms with Gasteiger partial charge in [-0.1, -0.05) is 6.07 Å². The minimum absolute atomic E-state index is 0.0813. The first-order valence-electron chi connectivity index (χ1n) is 9.82. The molecule has 6 nitrogen and oxygen atoms in total. The highest BCUT2D eigenvalue weighted by Gasteiger charge is 2.30. The average molecular weight is 374 g/mol. The molecule has 2 saturated heterocycles.